The van der Waals surface area contributed by atoms with E-state index in [0.717, 1.165) is 40.9 Å². The normalized spacial score (nSPS) is 17.1. The molecule has 4 rings (SSSR count). The zero-order valence-corrected chi connectivity index (χ0v) is 14.8. The molecule has 1 saturated heterocycles. The summed E-state index contributed by atoms with van der Waals surface area (Å²) in [5.41, 5.74) is 6.60. The molecule has 0 radical (unpaired) electrons. The SMILES string of the molecule is C#[N+][C@H]1CCN(c2ncc(Sc3ccnc(N)c3Cl)c3nccn23)C1. The van der Waals surface area contributed by atoms with Gasteiger partial charge in [0.1, 0.15) is 12.4 Å². The van der Waals surface area contributed by atoms with Crippen molar-refractivity contribution < 1.29 is 0 Å². The molecule has 0 amide bonds. The van der Waals surface area contributed by atoms with E-state index < -0.39 is 0 Å². The number of fused-ring (bicyclic) bond motifs is 1. The Bertz CT molecular complexity index is 980. The highest BCUT2D eigenvalue weighted by atomic mass is 35.5. The van der Waals surface area contributed by atoms with Crippen LogP contribution in [0.3, 0.4) is 0 Å². The standard InChI is InChI=1S/C16H15ClN7S/c1-19-10-3-6-23(9-10)16-22-8-12(15-21-5-7-24(15)16)25-11-2-4-20-14(18)13(11)17/h1-2,4-5,7-8,10H,3,6,9H2,(H2,18,20)/q+1/t10-/m0/s1. The largest absolute Gasteiger partial charge is 0.382 e. The smallest absolute Gasteiger partial charge is 0.290 e. The summed E-state index contributed by atoms with van der Waals surface area (Å²) >= 11 is 7.71. The number of nitrogens with two attached hydrogens (primary N) is 1. The second-order valence-corrected chi connectivity index (χ2v) is 7.15. The number of rotatable bonds is 3. The lowest BCUT2D eigenvalue weighted by Gasteiger charge is -2.17. The van der Waals surface area contributed by atoms with Gasteiger partial charge in [-0.05, 0) is 6.07 Å². The van der Waals surface area contributed by atoms with E-state index in [9.17, 15) is 0 Å². The molecule has 3 aromatic rings. The minimum Gasteiger partial charge on any atom is -0.382 e. The maximum absolute atomic E-state index is 6.25. The number of nitrogen functional groups attached to an aromatic ring is 1. The lowest BCUT2D eigenvalue weighted by Crippen LogP contribution is -2.24. The van der Waals surface area contributed by atoms with Gasteiger partial charge >= 0.3 is 0 Å². The molecule has 0 spiro atoms. The van der Waals surface area contributed by atoms with Crippen molar-refractivity contribution in [2.75, 3.05) is 23.7 Å². The van der Waals surface area contributed by atoms with Crippen LogP contribution >= 0.6 is 23.4 Å². The molecule has 9 heteroatoms. The molecule has 1 atom stereocenters. The van der Waals surface area contributed by atoms with Gasteiger partial charge in [-0.1, -0.05) is 28.2 Å². The molecule has 0 saturated carbocycles. The van der Waals surface area contributed by atoms with E-state index in [-0.39, 0.29) is 6.04 Å². The number of hydrogen-bond acceptors (Lipinski definition) is 6. The van der Waals surface area contributed by atoms with Crippen LogP contribution in [-0.4, -0.2) is 38.5 Å². The Hall–Kier alpha value is -2.50. The Balaban J connectivity index is 1.71. The molecule has 0 unspecified atom stereocenters. The fraction of sp³-hybridized carbons (Fsp3) is 0.250. The van der Waals surface area contributed by atoms with Crippen LogP contribution in [0.5, 0.6) is 0 Å². The fourth-order valence-electron chi connectivity index (χ4n) is 2.87. The molecule has 7 nitrogen and oxygen atoms in total. The van der Waals surface area contributed by atoms with Crippen molar-refractivity contribution in [3.63, 3.8) is 0 Å². The minimum absolute atomic E-state index is 0.146. The van der Waals surface area contributed by atoms with E-state index in [2.05, 4.69) is 24.7 Å². The van der Waals surface area contributed by atoms with Gasteiger partial charge in [0.15, 0.2) is 5.65 Å². The van der Waals surface area contributed by atoms with Gasteiger partial charge in [0.2, 0.25) is 5.95 Å². The van der Waals surface area contributed by atoms with Crippen LogP contribution in [0, 0.1) is 6.57 Å². The predicted molar refractivity (Wildman–Crippen MR) is 99.7 cm³/mol. The summed E-state index contributed by atoms with van der Waals surface area (Å²) in [6.07, 6.45) is 8.03. The summed E-state index contributed by atoms with van der Waals surface area (Å²) in [5.74, 6) is 1.15. The van der Waals surface area contributed by atoms with E-state index in [0.29, 0.717) is 10.8 Å². The molecule has 1 fully saturated rings. The summed E-state index contributed by atoms with van der Waals surface area (Å²) in [6, 6.07) is 1.97. The van der Waals surface area contributed by atoms with Gasteiger partial charge in [-0.2, -0.15) is 0 Å². The van der Waals surface area contributed by atoms with E-state index >= 15 is 0 Å². The van der Waals surface area contributed by atoms with Gasteiger partial charge in [0.05, 0.1) is 9.92 Å². The average molecular weight is 373 g/mol. The first-order chi connectivity index (χ1) is 12.2. The van der Waals surface area contributed by atoms with Crippen LogP contribution in [0.1, 0.15) is 6.42 Å². The van der Waals surface area contributed by atoms with Crippen molar-refractivity contribution in [1.29, 1.82) is 0 Å². The molecule has 1 aliphatic heterocycles. The maximum atomic E-state index is 6.25. The van der Waals surface area contributed by atoms with Crippen molar-refractivity contribution in [3.05, 3.63) is 40.7 Å². The molecule has 4 heterocycles. The van der Waals surface area contributed by atoms with Gasteiger partial charge in [0, 0.05) is 42.6 Å². The van der Waals surface area contributed by atoms with Gasteiger partial charge in [-0.25, -0.2) is 15.0 Å². The van der Waals surface area contributed by atoms with Crippen molar-refractivity contribution in [2.45, 2.75) is 22.3 Å². The Kier molecular flexibility index (Phi) is 4.11. The summed E-state index contributed by atoms with van der Waals surface area (Å²) in [6.45, 7) is 7.06. The zero-order valence-electron chi connectivity index (χ0n) is 13.2. The lowest BCUT2D eigenvalue weighted by atomic mass is 10.3. The van der Waals surface area contributed by atoms with Gasteiger partial charge < -0.3 is 10.6 Å². The highest BCUT2D eigenvalue weighted by Gasteiger charge is 2.31. The summed E-state index contributed by atoms with van der Waals surface area (Å²) in [7, 11) is 0. The second kappa shape index (κ2) is 6.43. The molecular formula is C16H15ClN7S+. The first-order valence-corrected chi connectivity index (χ1v) is 8.91. The third-order valence-corrected chi connectivity index (χ3v) is 5.71. The molecule has 0 aliphatic carbocycles. The Morgan fingerprint density at radius 2 is 2.16 bits per heavy atom. The molecule has 25 heavy (non-hydrogen) atoms. The number of nitrogens with zero attached hydrogens (tertiary/aromatic N) is 6. The number of halogens is 1. The van der Waals surface area contributed by atoms with Crippen LogP contribution in [0.4, 0.5) is 11.8 Å². The second-order valence-electron chi connectivity index (χ2n) is 5.69. The maximum Gasteiger partial charge on any atom is 0.290 e. The number of anilines is 2. The molecular weight excluding hydrogens is 358 g/mol. The van der Waals surface area contributed by atoms with Gasteiger partial charge in [0.25, 0.3) is 12.6 Å². The Labute approximate surface area is 153 Å². The first-order valence-electron chi connectivity index (χ1n) is 7.72. The van der Waals surface area contributed by atoms with E-state index in [1.54, 1.807) is 12.4 Å². The third-order valence-electron chi connectivity index (χ3n) is 4.13. The quantitative estimate of drug-likeness (QED) is 0.761. The van der Waals surface area contributed by atoms with Crippen molar-refractivity contribution in [3.8, 4) is 6.57 Å². The van der Waals surface area contributed by atoms with Crippen LogP contribution in [-0.2, 0) is 0 Å². The highest BCUT2D eigenvalue weighted by Crippen LogP contribution is 2.37. The first kappa shape index (κ1) is 16.0. The minimum atomic E-state index is 0.146. The molecule has 1 aliphatic rings. The lowest BCUT2D eigenvalue weighted by molar-refractivity contribution is 0.852. The number of aromatic nitrogens is 4. The fourth-order valence-corrected chi connectivity index (χ4v) is 4.01. The predicted octanol–water partition coefficient (Wildman–Crippen LogP) is 3.05. The van der Waals surface area contributed by atoms with Gasteiger partial charge in [-0.3, -0.25) is 4.40 Å². The molecule has 126 valence electrons. The van der Waals surface area contributed by atoms with Gasteiger partial charge in [-0.15, -0.1) is 0 Å². The Morgan fingerprint density at radius 3 is 2.96 bits per heavy atom. The van der Waals surface area contributed by atoms with Crippen molar-refractivity contribution in [2.24, 2.45) is 0 Å². The highest BCUT2D eigenvalue weighted by molar-refractivity contribution is 7.99. The number of imidazole rings is 1. The molecule has 0 aromatic carbocycles. The topological polar surface area (TPSA) is 76.7 Å². The van der Waals surface area contributed by atoms with Crippen molar-refractivity contribution >= 4 is 40.8 Å². The third kappa shape index (κ3) is 2.86. The van der Waals surface area contributed by atoms with Crippen LogP contribution in [0.25, 0.3) is 10.5 Å². The van der Waals surface area contributed by atoms with E-state index in [1.165, 1.54) is 11.8 Å². The summed E-state index contributed by atoms with van der Waals surface area (Å²) in [5, 5.41) is 0.438. The summed E-state index contributed by atoms with van der Waals surface area (Å²) in [4.78, 5) is 20.9. The monoisotopic (exact) mass is 372 g/mol. The van der Waals surface area contributed by atoms with E-state index in [1.807, 2.05) is 22.9 Å². The number of pyridine rings is 1. The van der Waals surface area contributed by atoms with Crippen LogP contribution < -0.4 is 10.6 Å². The molecule has 2 N–H and O–H groups in total. The molecule has 3 aromatic heterocycles. The van der Waals surface area contributed by atoms with Crippen LogP contribution in [0.15, 0.2) is 40.6 Å². The molecule has 0 bridgehead atoms. The number of hydrogen-bond donors (Lipinski definition) is 1. The average Bonchev–Trinajstić information content (AvgIpc) is 3.28. The summed E-state index contributed by atoms with van der Waals surface area (Å²) < 4.78 is 1.97. The van der Waals surface area contributed by atoms with Crippen LogP contribution in [0.2, 0.25) is 5.02 Å². The van der Waals surface area contributed by atoms with E-state index in [4.69, 9.17) is 23.9 Å². The van der Waals surface area contributed by atoms with Crippen molar-refractivity contribution in [1.82, 2.24) is 19.4 Å². The Morgan fingerprint density at radius 1 is 1.28 bits per heavy atom. The zero-order chi connectivity index (χ0) is 17.4.